The summed E-state index contributed by atoms with van der Waals surface area (Å²) in [6.45, 7) is -0.220. The fraction of sp³-hybridized carbons (Fsp3) is 0.188. The summed E-state index contributed by atoms with van der Waals surface area (Å²) in [4.78, 5) is 11.8. The van der Waals surface area contributed by atoms with Gasteiger partial charge in [-0.2, -0.15) is 0 Å². The Kier molecular flexibility index (Phi) is 4.33. The van der Waals surface area contributed by atoms with Crippen LogP contribution in [0.5, 0.6) is 0 Å². The van der Waals surface area contributed by atoms with Crippen molar-refractivity contribution in [3.05, 3.63) is 71.3 Å². The number of carboxylic acids is 1. The zero-order valence-corrected chi connectivity index (χ0v) is 11.2. The average molecular weight is 291 g/mol. The second-order valence-electron chi connectivity index (χ2n) is 4.87. The molecule has 1 atom stereocenters. The molecule has 2 rings (SSSR count). The Morgan fingerprint density at radius 3 is 2.38 bits per heavy atom. The van der Waals surface area contributed by atoms with Gasteiger partial charge < -0.3 is 10.8 Å². The Morgan fingerprint density at radius 2 is 1.81 bits per heavy atom. The molecule has 0 amide bonds. The largest absolute Gasteiger partial charge is 0.481 e. The van der Waals surface area contributed by atoms with E-state index in [0.29, 0.717) is 5.56 Å². The van der Waals surface area contributed by atoms with E-state index in [1.54, 1.807) is 30.3 Å². The van der Waals surface area contributed by atoms with Crippen LogP contribution in [0.3, 0.4) is 0 Å². The van der Waals surface area contributed by atoms with E-state index < -0.39 is 23.0 Å². The smallest absolute Gasteiger partial charge is 0.315 e. The molecule has 0 radical (unpaired) electrons. The molecule has 3 nitrogen and oxygen atoms in total. The lowest BCUT2D eigenvalue weighted by molar-refractivity contribution is -0.143. The standard InChI is InChI=1S/C16H15F2NO2/c17-13-6-7-14(18)11(8-13)9-16(10-19,15(20)21)12-4-2-1-3-5-12/h1-8H,9-10,19H2,(H,20,21). The molecule has 0 aromatic heterocycles. The lowest BCUT2D eigenvalue weighted by atomic mass is 9.75. The Morgan fingerprint density at radius 1 is 1.14 bits per heavy atom. The van der Waals surface area contributed by atoms with Crippen LogP contribution < -0.4 is 5.73 Å². The molecular weight excluding hydrogens is 276 g/mol. The van der Waals surface area contributed by atoms with Gasteiger partial charge in [-0.15, -0.1) is 0 Å². The van der Waals surface area contributed by atoms with Gasteiger partial charge in [0.25, 0.3) is 0 Å². The molecule has 3 N–H and O–H groups in total. The molecule has 0 bridgehead atoms. The van der Waals surface area contributed by atoms with E-state index in [0.717, 1.165) is 18.2 Å². The van der Waals surface area contributed by atoms with E-state index in [-0.39, 0.29) is 18.5 Å². The minimum atomic E-state index is -1.49. The third-order valence-electron chi connectivity index (χ3n) is 3.58. The van der Waals surface area contributed by atoms with Crippen molar-refractivity contribution in [2.75, 3.05) is 6.54 Å². The zero-order valence-electron chi connectivity index (χ0n) is 11.2. The van der Waals surface area contributed by atoms with Crippen molar-refractivity contribution in [3.8, 4) is 0 Å². The van der Waals surface area contributed by atoms with E-state index >= 15 is 0 Å². The second kappa shape index (κ2) is 6.01. The van der Waals surface area contributed by atoms with Gasteiger partial charge in [0.15, 0.2) is 0 Å². The first-order chi connectivity index (χ1) is 9.99. The third-order valence-corrected chi connectivity index (χ3v) is 3.58. The Labute approximate surface area is 121 Å². The van der Waals surface area contributed by atoms with Crippen LogP contribution in [-0.4, -0.2) is 17.6 Å². The highest BCUT2D eigenvalue weighted by Gasteiger charge is 2.40. The number of nitrogens with two attached hydrogens (primary N) is 1. The van der Waals surface area contributed by atoms with Gasteiger partial charge in [-0.1, -0.05) is 30.3 Å². The van der Waals surface area contributed by atoms with Gasteiger partial charge in [-0.25, -0.2) is 8.78 Å². The summed E-state index contributed by atoms with van der Waals surface area (Å²) in [7, 11) is 0. The van der Waals surface area contributed by atoms with Gasteiger partial charge in [0.05, 0.1) is 0 Å². The maximum atomic E-state index is 13.8. The fourth-order valence-corrected chi connectivity index (χ4v) is 2.34. The maximum absolute atomic E-state index is 13.8. The van der Waals surface area contributed by atoms with Crippen LogP contribution >= 0.6 is 0 Å². The number of aliphatic carboxylic acids is 1. The summed E-state index contributed by atoms with van der Waals surface area (Å²) >= 11 is 0. The first-order valence-corrected chi connectivity index (χ1v) is 6.42. The molecule has 21 heavy (non-hydrogen) atoms. The molecule has 0 aliphatic carbocycles. The molecule has 0 aliphatic rings. The topological polar surface area (TPSA) is 63.3 Å². The molecule has 0 spiro atoms. The average Bonchev–Trinajstić information content (AvgIpc) is 2.49. The number of rotatable bonds is 5. The molecule has 2 aromatic carbocycles. The van der Waals surface area contributed by atoms with Crippen LogP contribution in [0.1, 0.15) is 11.1 Å². The summed E-state index contributed by atoms with van der Waals surface area (Å²) < 4.78 is 27.1. The molecule has 5 heteroatoms. The van der Waals surface area contributed by atoms with Crippen LogP contribution in [0.2, 0.25) is 0 Å². The highest BCUT2D eigenvalue weighted by molar-refractivity contribution is 5.82. The van der Waals surface area contributed by atoms with Crippen LogP contribution in [0.4, 0.5) is 8.78 Å². The van der Waals surface area contributed by atoms with Gasteiger partial charge >= 0.3 is 5.97 Å². The third kappa shape index (κ3) is 2.92. The molecule has 0 fully saturated rings. The number of benzene rings is 2. The van der Waals surface area contributed by atoms with Crippen molar-refractivity contribution < 1.29 is 18.7 Å². The van der Waals surface area contributed by atoms with Crippen LogP contribution in [0.25, 0.3) is 0 Å². The first-order valence-electron chi connectivity index (χ1n) is 6.42. The van der Waals surface area contributed by atoms with Crippen LogP contribution in [-0.2, 0) is 16.6 Å². The van der Waals surface area contributed by atoms with E-state index in [1.165, 1.54) is 0 Å². The minimum absolute atomic E-state index is 0.00768. The van der Waals surface area contributed by atoms with Gasteiger partial charge in [-0.05, 0) is 35.7 Å². The number of carbonyl (C=O) groups is 1. The molecule has 2 aromatic rings. The Hall–Kier alpha value is -2.27. The molecule has 1 unspecified atom stereocenters. The summed E-state index contributed by atoms with van der Waals surface area (Å²) in [6, 6.07) is 11.3. The normalized spacial score (nSPS) is 13.7. The van der Waals surface area contributed by atoms with Crippen molar-refractivity contribution in [3.63, 3.8) is 0 Å². The number of hydrogen-bond acceptors (Lipinski definition) is 2. The van der Waals surface area contributed by atoms with Gasteiger partial charge in [0.1, 0.15) is 17.0 Å². The van der Waals surface area contributed by atoms with Crippen molar-refractivity contribution in [2.45, 2.75) is 11.8 Å². The van der Waals surface area contributed by atoms with E-state index in [9.17, 15) is 18.7 Å². The number of hydrogen-bond donors (Lipinski definition) is 2. The summed E-state index contributed by atoms with van der Waals surface area (Å²) in [6.07, 6.45) is -0.216. The SMILES string of the molecule is NCC(Cc1cc(F)ccc1F)(C(=O)O)c1ccccc1. The van der Waals surface area contributed by atoms with Crippen molar-refractivity contribution in [1.82, 2.24) is 0 Å². The predicted octanol–water partition coefficient (Wildman–Crippen LogP) is 2.49. The number of carboxylic acid groups (broad SMARTS) is 1. The van der Waals surface area contributed by atoms with Crippen LogP contribution in [0, 0.1) is 11.6 Å². The van der Waals surface area contributed by atoms with Gasteiger partial charge in [0.2, 0.25) is 0 Å². The van der Waals surface area contributed by atoms with Gasteiger partial charge in [0, 0.05) is 6.54 Å². The monoisotopic (exact) mass is 291 g/mol. The van der Waals surface area contributed by atoms with Crippen molar-refractivity contribution in [1.29, 1.82) is 0 Å². The predicted molar refractivity (Wildman–Crippen MR) is 74.9 cm³/mol. The molecule has 0 saturated carbocycles. The number of halogens is 2. The Balaban J connectivity index is 2.51. The van der Waals surface area contributed by atoms with E-state index in [4.69, 9.17) is 5.73 Å². The summed E-state index contributed by atoms with van der Waals surface area (Å²) in [5.41, 5.74) is 4.64. The lowest BCUT2D eigenvalue weighted by Crippen LogP contribution is -2.45. The quantitative estimate of drug-likeness (QED) is 0.889. The molecular formula is C16H15F2NO2. The fourth-order valence-electron chi connectivity index (χ4n) is 2.34. The van der Waals surface area contributed by atoms with Gasteiger partial charge in [-0.3, -0.25) is 4.79 Å². The lowest BCUT2D eigenvalue weighted by Gasteiger charge is -2.28. The first kappa shape index (κ1) is 15.1. The molecule has 0 saturated heterocycles. The van der Waals surface area contributed by atoms with E-state index in [1.807, 2.05) is 0 Å². The highest BCUT2D eigenvalue weighted by Crippen LogP contribution is 2.29. The Bertz CT molecular complexity index is 646. The van der Waals surface area contributed by atoms with E-state index in [2.05, 4.69) is 0 Å². The zero-order chi connectivity index (χ0) is 15.5. The minimum Gasteiger partial charge on any atom is -0.481 e. The summed E-state index contributed by atoms with van der Waals surface area (Å²) in [5.74, 6) is -2.43. The van der Waals surface area contributed by atoms with Crippen molar-refractivity contribution >= 4 is 5.97 Å². The second-order valence-corrected chi connectivity index (χ2v) is 4.87. The summed E-state index contributed by atoms with van der Waals surface area (Å²) in [5, 5.41) is 9.60. The molecule has 0 aliphatic heterocycles. The molecule has 0 heterocycles. The van der Waals surface area contributed by atoms with Crippen LogP contribution in [0.15, 0.2) is 48.5 Å². The molecule has 110 valence electrons. The van der Waals surface area contributed by atoms with Crippen molar-refractivity contribution in [2.24, 2.45) is 5.73 Å². The highest BCUT2D eigenvalue weighted by atomic mass is 19.1. The maximum Gasteiger partial charge on any atom is 0.315 e.